The second kappa shape index (κ2) is 7.18. The summed E-state index contributed by atoms with van der Waals surface area (Å²) in [7, 11) is 1.67. The molecule has 0 rings (SSSR count). The van der Waals surface area contributed by atoms with E-state index in [0.717, 1.165) is 0 Å². The summed E-state index contributed by atoms with van der Waals surface area (Å²) in [6.45, 7) is 4.19. The Balaban J connectivity index is 3.23. The standard InChI is InChI=1S/C8H12O/c1-3-4-5-6-7-8-9-2/h3-7H,1,8H2,2H3/b5-4-,7-6+. The molecule has 0 saturated heterocycles. The molecule has 9 heavy (non-hydrogen) atoms. The maximum Gasteiger partial charge on any atom is 0.0646 e. The van der Waals surface area contributed by atoms with Crippen molar-refractivity contribution in [2.75, 3.05) is 13.7 Å². The van der Waals surface area contributed by atoms with Gasteiger partial charge in [0, 0.05) is 7.11 Å². The lowest BCUT2D eigenvalue weighted by atomic mass is 10.4. The summed E-state index contributed by atoms with van der Waals surface area (Å²) in [5, 5.41) is 0. The lowest BCUT2D eigenvalue weighted by molar-refractivity contribution is 0.234. The number of methoxy groups -OCH3 is 1. The largest absolute Gasteiger partial charge is 0.381 e. The van der Waals surface area contributed by atoms with Crippen molar-refractivity contribution in [3.05, 3.63) is 37.0 Å². The van der Waals surface area contributed by atoms with Gasteiger partial charge in [-0.05, 0) is 0 Å². The molecule has 0 radical (unpaired) electrons. The van der Waals surface area contributed by atoms with Crippen LogP contribution in [0, 0.1) is 0 Å². The number of hydrogen-bond acceptors (Lipinski definition) is 1. The average molecular weight is 124 g/mol. The highest BCUT2D eigenvalue weighted by atomic mass is 16.5. The molecule has 0 aliphatic carbocycles. The lowest BCUT2D eigenvalue weighted by Crippen LogP contribution is -1.78. The maximum absolute atomic E-state index is 4.78. The van der Waals surface area contributed by atoms with Gasteiger partial charge in [0.1, 0.15) is 0 Å². The molecule has 0 unspecified atom stereocenters. The van der Waals surface area contributed by atoms with Crippen LogP contribution >= 0.6 is 0 Å². The highest BCUT2D eigenvalue weighted by Gasteiger charge is 1.65. The zero-order valence-electron chi connectivity index (χ0n) is 5.71. The van der Waals surface area contributed by atoms with Gasteiger partial charge in [-0.3, -0.25) is 0 Å². The minimum absolute atomic E-state index is 0.668. The molecule has 0 aromatic rings. The van der Waals surface area contributed by atoms with E-state index in [2.05, 4.69) is 6.58 Å². The monoisotopic (exact) mass is 124 g/mol. The smallest absolute Gasteiger partial charge is 0.0646 e. The SMILES string of the molecule is C=C/C=C\C=C\COC. The van der Waals surface area contributed by atoms with Gasteiger partial charge in [0.05, 0.1) is 6.61 Å². The molecule has 0 aromatic carbocycles. The fraction of sp³-hybridized carbons (Fsp3) is 0.250. The van der Waals surface area contributed by atoms with Gasteiger partial charge >= 0.3 is 0 Å². The van der Waals surface area contributed by atoms with E-state index >= 15 is 0 Å². The highest BCUT2D eigenvalue weighted by molar-refractivity contribution is 5.08. The summed E-state index contributed by atoms with van der Waals surface area (Å²) in [6.07, 6.45) is 9.36. The van der Waals surface area contributed by atoms with Crippen LogP contribution in [-0.4, -0.2) is 13.7 Å². The van der Waals surface area contributed by atoms with Gasteiger partial charge in [-0.25, -0.2) is 0 Å². The van der Waals surface area contributed by atoms with Crippen LogP contribution in [0.25, 0.3) is 0 Å². The predicted octanol–water partition coefficient (Wildman–Crippen LogP) is 1.93. The molecule has 0 aromatic heterocycles. The van der Waals surface area contributed by atoms with Crippen LogP contribution in [0.5, 0.6) is 0 Å². The average Bonchev–Trinajstić information content (AvgIpc) is 1.89. The van der Waals surface area contributed by atoms with Gasteiger partial charge in [-0.1, -0.05) is 37.0 Å². The molecule has 0 N–H and O–H groups in total. The third kappa shape index (κ3) is 7.18. The minimum atomic E-state index is 0.668. The van der Waals surface area contributed by atoms with E-state index in [1.54, 1.807) is 13.2 Å². The van der Waals surface area contributed by atoms with Gasteiger partial charge in [0.2, 0.25) is 0 Å². The number of ether oxygens (including phenoxy) is 1. The summed E-state index contributed by atoms with van der Waals surface area (Å²) in [4.78, 5) is 0. The quantitative estimate of drug-likeness (QED) is 0.520. The van der Waals surface area contributed by atoms with Gasteiger partial charge in [-0.15, -0.1) is 0 Å². The minimum Gasteiger partial charge on any atom is -0.381 e. The van der Waals surface area contributed by atoms with Crippen molar-refractivity contribution in [2.24, 2.45) is 0 Å². The fourth-order valence-corrected chi connectivity index (χ4v) is 0.373. The van der Waals surface area contributed by atoms with Crippen molar-refractivity contribution in [3.63, 3.8) is 0 Å². The molecule has 0 aliphatic rings. The number of allylic oxidation sites excluding steroid dienone is 4. The first-order chi connectivity index (χ1) is 4.41. The van der Waals surface area contributed by atoms with Crippen molar-refractivity contribution in [3.8, 4) is 0 Å². The van der Waals surface area contributed by atoms with Crippen LogP contribution in [0.3, 0.4) is 0 Å². The molecule has 0 bridgehead atoms. The van der Waals surface area contributed by atoms with Crippen LogP contribution in [0.2, 0.25) is 0 Å². The summed E-state index contributed by atoms with van der Waals surface area (Å²) in [5.41, 5.74) is 0. The molecule has 1 nitrogen and oxygen atoms in total. The molecule has 0 saturated carbocycles. The summed E-state index contributed by atoms with van der Waals surface area (Å²) in [5.74, 6) is 0. The fourth-order valence-electron chi connectivity index (χ4n) is 0.373. The third-order valence-corrected chi connectivity index (χ3v) is 0.757. The van der Waals surface area contributed by atoms with Gasteiger partial charge in [0.15, 0.2) is 0 Å². The van der Waals surface area contributed by atoms with Crippen LogP contribution in [-0.2, 0) is 4.74 Å². The second-order valence-corrected chi connectivity index (χ2v) is 1.50. The predicted molar refractivity (Wildman–Crippen MR) is 40.4 cm³/mol. The van der Waals surface area contributed by atoms with Crippen molar-refractivity contribution < 1.29 is 4.74 Å². The Kier molecular flexibility index (Phi) is 6.53. The Bertz CT molecular complexity index is 112. The van der Waals surface area contributed by atoms with Crippen molar-refractivity contribution in [1.29, 1.82) is 0 Å². The van der Waals surface area contributed by atoms with Crippen molar-refractivity contribution in [2.45, 2.75) is 0 Å². The summed E-state index contributed by atoms with van der Waals surface area (Å²) in [6, 6.07) is 0. The van der Waals surface area contributed by atoms with E-state index < -0.39 is 0 Å². The second-order valence-electron chi connectivity index (χ2n) is 1.50. The molecule has 50 valence electrons. The molecular formula is C8H12O. The van der Waals surface area contributed by atoms with Crippen LogP contribution < -0.4 is 0 Å². The molecule has 0 aliphatic heterocycles. The van der Waals surface area contributed by atoms with E-state index in [1.807, 2.05) is 24.3 Å². The number of hydrogen-bond donors (Lipinski definition) is 0. The zero-order valence-corrected chi connectivity index (χ0v) is 5.71. The molecule has 0 amide bonds. The van der Waals surface area contributed by atoms with E-state index in [1.165, 1.54) is 0 Å². The Morgan fingerprint density at radius 3 is 2.67 bits per heavy atom. The van der Waals surface area contributed by atoms with Gasteiger partial charge < -0.3 is 4.74 Å². The molecule has 0 spiro atoms. The highest BCUT2D eigenvalue weighted by Crippen LogP contribution is 1.77. The normalized spacial score (nSPS) is 11.2. The van der Waals surface area contributed by atoms with E-state index in [4.69, 9.17) is 4.74 Å². The third-order valence-electron chi connectivity index (χ3n) is 0.757. The van der Waals surface area contributed by atoms with Crippen LogP contribution in [0.1, 0.15) is 0 Å². The Hall–Kier alpha value is -0.820. The molecule has 0 fully saturated rings. The lowest BCUT2D eigenvalue weighted by Gasteiger charge is -1.83. The van der Waals surface area contributed by atoms with Crippen LogP contribution in [0.15, 0.2) is 37.0 Å². The summed E-state index contributed by atoms with van der Waals surface area (Å²) < 4.78 is 4.78. The van der Waals surface area contributed by atoms with Crippen molar-refractivity contribution in [1.82, 2.24) is 0 Å². The van der Waals surface area contributed by atoms with Crippen molar-refractivity contribution >= 4 is 0 Å². The van der Waals surface area contributed by atoms with Crippen LogP contribution in [0.4, 0.5) is 0 Å². The maximum atomic E-state index is 4.78. The zero-order chi connectivity index (χ0) is 6.95. The van der Waals surface area contributed by atoms with E-state index in [9.17, 15) is 0 Å². The first kappa shape index (κ1) is 8.18. The topological polar surface area (TPSA) is 9.23 Å². The first-order valence-corrected chi connectivity index (χ1v) is 2.85. The molecule has 0 heterocycles. The Morgan fingerprint density at radius 1 is 1.33 bits per heavy atom. The number of rotatable bonds is 4. The Labute approximate surface area is 56.3 Å². The first-order valence-electron chi connectivity index (χ1n) is 2.85. The van der Waals surface area contributed by atoms with Gasteiger partial charge in [-0.2, -0.15) is 0 Å². The molecule has 1 heteroatoms. The van der Waals surface area contributed by atoms with E-state index in [0.29, 0.717) is 6.61 Å². The van der Waals surface area contributed by atoms with Gasteiger partial charge in [0.25, 0.3) is 0 Å². The molecular weight excluding hydrogens is 112 g/mol. The van der Waals surface area contributed by atoms with E-state index in [-0.39, 0.29) is 0 Å². The Morgan fingerprint density at radius 2 is 2.11 bits per heavy atom. The summed E-state index contributed by atoms with van der Waals surface area (Å²) >= 11 is 0. The molecule has 0 atom stereocenters.